The van der Waals surface area contributed by atoms with Crippen LogP contribution in [-0.2, 0) is 24.2 Å². The summed E-state index contributed by atoms with van der Waals surface area (Å²) >= 11 is 4.91. The minimum absolute atomic E-state index is 0.107. The number of anilines is 1. The Balaban J connectivity index is 1.57. The first-order valence-corrected chi connectivity index (χ1v) is 13.4. The van der Waals surface area contributed by atoms with Crippen LogP contribution in [0.4, 0.5) is 9.39 Å². The Morgan fingerprint density at radius 2 is 1.95 bits per heavy atom. The van der Waals surface area contributed by atoms with E-state index in [4.69, 9.17) is 9.47 Å². The van der Waals surface area contributed by atoms with Gasteiger partial charge in [0.15, 0.2) is 11.5 Å². The zero-order valence-corrected chi connectivity index (χ0v) is 22.5. The number of nitrogens with zero attached hydrogens (tertiary/aromatic N) is 2. The molecule has 0 saturated heterocycles. The smallest absolute Gasteiger partial charge is 0.266 e. The van der Waals surface area contributed by atoms with Gasteiger partial charge in [-0.2, -0.15) is 10.5 Å². The van der Waals surface area contributed by atoms with E-state index < -0.39 is 5.91 Å². The number of nitrogens with one attached hydrogen (secondary N) is 1. The van der Waals surface area contributed by atoms with Crippen LogP contribution in [0.5, 0.6) is 11.5 Å². The SMILES string of the molecule is CCOc1cc(/C=C(\C#N)C(=O)Nc2sc3c(c2C#N)CCCC3)cc(Br)c1OCc1ccc(F)cc1. The van der Waals surface area contributed by atoms with Gasteiger partial charge in [-0.05, 0) is 95.6 Å². The molecule has 6 nitrogen and oxygen atoms in total. The molecule has 0 atom stereocenters. The summed E-state index contributed by atoms with van der Waals surface area (Å²) < 4.78 is 25.4. The molecule has 1 aliphatic carbocycles. The third-order valence-corrected chi connectivity index (χ3v) is 7.61. The second-order valence-electron chi connectivity index (χ2n) is 8.33. The van der Waals surface area contributed by atoms with Crippen molar-refractivity contribution in [3.05, 3.63) is 79.4 Å². The first-order valence-electron chi connectivity index (χ1n) is 11.7. The lowest BCUT2D eigenvalue weighted by molar-refractivity contribution is -0.112. The highest BCUT2D eigenvalue weighted by molar-refractivity contribution is 9.10. The third kappa shape index (κ3) is 6.19. The normalized spacial score (nSPS) is 12.7. The average Bonchev–Trinajstić information content (AvgIpc) is 3.24. The van der Waals surface area contributed by atoms with Crippen LogP contribution < -0.4 is 14.8 Å². The number of rotatable bonds is 8. The lowest BCUT2D eigenvalue weighted by atomic mass is 9.96. The van der Waals surface area contributed by atoms with Gasteiger partial charge in [-0.15, -0.1) is 11.3 Å². The maximum atomic E-state index is 13.2. The molecule has 2 aromatic carbocycles. The zero-order chi connectivity index (χ0) is 26.4. The fraction of sp³-hybridized carbons (Fsp3) is 0.250. The molecule has 3 aromatic rings. The van der Waals surface area contributed by atoms with Gasteiger partial charge in [-0.25, -0.2) is 4.39 Å². The standard InChI is InChI=1S/C28H23BrFN3O3S/c1-2-35-24-13-18(12-23(29)26(24)36-16-17-7-9-20(30)10-8-17)11-19(14-31)27(34)33-28-22(15-32)21-5-3-4-6-25(21)37-28/h7-13H,2-6,16H2,1H3,(H,33,34)/b19-11+. The van der Waals surface area contributed by atoms with Gasteiger partial charge in [0.2, 0.25) is 0 Å². The van der Waals surface area contributed by atoms with Crippen molar-refractivity contribution in [1.82, 2.24) is 0 Å². The van der Waals surface area contributed by atoms with Crippen molar-refractivity contribution in [2.75, 3.05) is 11.9 Å². The fourth-order valence-corrected chi connectivity index (χ4v) is 5.88. The molecule has 0 radical (unpaired) electrons. The van der Waals surface area contributed by atoms with E-state index in [1.54, 1.807) is 24.3 Å². The Kier molecular flexibility index (Phi) is 8.60. The molecule has 0 fully saturated rings. The second-order valence-corrected chi connectivity index (χ2v) is 10.3. The van der Waals surface area contributed by atoms with E-state index in [-0.39, 0.29) is 18.0 Å². The molecular formula is C28H23BrFN3O3S. The van der Waals surface area contributed by atoms with Crippen molar-refractivity contribution < 1.29 is 18.7 Å². The molecule has 1 heterocycles. The molecule has 188 valence electrons. The number of hydrogen-bond donors (Lipinski definition) is 1. The molecule has 1 amide bonds. The van der Waals surface area contributed by atoms with E-state index in [9.17, 15) is 19.7 Å². The number of nitriles is 2. The number of hydrogen-bond acceptors (Lipinski definition) is 6. The number of benzene rings is 2. The molecule has 1 aromatic heterocycles. The van der Waals surface area contributed by atoms with Gasteiger partial charge in [0.25, 0.3) is 5.91 Å². The van der Waals surface area contributed by atoms with E-state index in [1.807, 2.05) is 13.0 Å². The van der Waals surface area contributed by atoms with Crippen LogP contribution in [0.1, 0.15) is 46.9 Å². The van der Waals surface area contributed by atoms with Gasteiger partial charge in [0.05, 0.1) is 16.6 Å². The number of carbonyl (C=O) groups excluding carboxylic acids is 1. The predicted molar refractivity (Wildman–Crippen MR) is 144 cm³/mol. The van der Waals surface area contributed by atoms with Crippen molar-refractivity contribution in [2.45, 2.75) is 39.2 Å². The van der Waals surface area contributed by atoms with E-state index >= 15 is 0 Å². The maximum absolute atomic E-state index is 13.2. The Bertz CT molecular complexity index is 1430. The van der Waals surface area contributed by atoms with Crippen LogP contribution in [-0.4, -0.2) is 12.5 Å². The van der Waals surface area contributed by atoms with Crippen molar-refractivity contribution in [2.24, 2.45) is 0 Å². The van der Waals surface area contributed by atoms with Gasteiger partial charge in [-0.1, -0.05) is 12.1 Å². The van der Waals surface area contributed by atoms with Crippen LogP contribution in [0.15, 0.2) is 46.4 Å². The summed E-state index contributed by atoms with van der Waals surface area (Å²) in [5.74, 6) is -0.0194. The number of fused-ring (bicyclic) bond motifs is 1. The topological polar surface area (TPSA) is 95.1 Å². The number of carbonyl (C=O) groups is 1. The zero-order valence-electron chi connectivity index (χ0n) is 20.1. The molecule has 4 rings (SSSR count). The summed E-state index contributed by atoms with van der Waals surface area (Å²) in [6, 6.07) is 13.6. The van der Waals surface area contributed by atoms with Crippen LogP contribution >= 0.6 is 27.3 Å². The molecule has 0 spiro atoms. The Morgan fingerprint density at radius 1 is 1.19 bits per heavy atom. The van der Waals surface area contributed by atoms with Crippen LogP contribution in [0.3, 0.4) is 0 Å². The van der Waals surface area contributed by atoms with E-state index in [0.29, 0.717) is 38.7 Å². The first kappa shape index (κ1) is 26.4. The Morgan fingerprint density at radius 3 is 2.65 bits per heavy atom. The van der Waals surface area contributed by atoms with Crippen molar-refractivity contribution in [3.8, 4) is 23.6 Å². The van der Waals surface area contributed by atoms with Crippen molar-refractivity contribution >= 4 is 44.3 Å². The van der Waals surface area contributed by atoms with Gasteiger partial charge < -0.3 is 14.8 Å². The lowest BCUT2D eigenvalue weighted by Crippen LogP contribution is -2.13. The summed E-state index contributed by atoms with van der Waals surface area (Å²) in [4.78, 5) is 14.1. The van der Waals surface area contributed by atoms with Gasteiger partial charge >= 0.3 is 0 Å². The number of aryl methyl sites for hydroxylation is 1. The quantitative estimate of drug-likeness (QED) is 0.231. The molecule has 0 aliphatic heterocycles. The van der Waals surface area contributed by atoms with Gasteiger partial charge in [0, 0.05) is 4.88 Å². The largest absolute Gasteiger partial charge is 0.490 e. The van der Waals surface area contributed by atoms with E-state index in [0.717, 1.165) is 41.7 Å². The number of ether oxygens (including phenoxy) is 2. The molecule has 0 unspecified atom stereocenters. The summed E-state index contributed by atoms with van der Waals surface area (Å²) in [6.07, 6.45) is 5.28. The van der Waals surface area contributed by atoms with Crippen molar-refractivity contribution in [1.29, 1.82) is 10.5 Å². The van der Waals surface area contributed by atoms with Gasteiger partial charge in [-0.3, -0.25) is 4.79 Å². The number of amides is 1. The third-order valence-electron chi connectivity index (χ3n) is 5.81. The summed E-state index contributed by atoms with van der Waals surface area (Å²) in [7, 11) is 0. The van der Waals surface area contributed by atoms with Gasteiger partial charge in [0.1, 0.15) is 35.1 Å². The predicted octanol–water partition coefficient (Wildman–Crippen LogP) is 6.92. The Labute approximate surface area is 227 Å². The highest BCUT2D eigenvalue weighted by Crippen LogP contribution is 2.39. The van der Waals surface area contributed by atoms with E-state index in [2.05, 4.69) is 27.3 Å². The molecular weight excluding hydrogens is 557 g/mol. The highest BCUT2D eigenvalue weighted by Gasteiger charge is 2.23. The van der Waals surface area contributed by atoms with Crippen molar-refractivity contribution in [3.63, 3.8) is 0 Å². The number of halogens is 2. The highest BCUT2D eigenvalue weighted by atomic mass is 79.9. The monoisotopic (exact) mass is 579 g/mol. The van der Waals surface area contributed by atoms with Crippen LogP contribution in [0, 0.1) is 28.5 Å². The maximum Gasteiger partial charge on any atom is 0.266 e. The summed E-state index contributed by atoms with van der Waals surface area (Å²) in [5.41, 5.74) is 2.74. The minimum atomic E-state index is -0.580. The fourth-order valence-electron chi connectivity index (χ4n) is 4.07. The summed E-state index contributed by atoms with van der Waals surface area (Å²) in [6.45, 7) is 2.41. The number of thiophene rings is 1. The molecule has 0 bridgehead atoms. The van der Waals surface area contributed by atoms with E-state index in [1.165, 1.54) is 29.5 Å². The molecule has 1 aliphatic rings. The Hall–Kier alpha value is -3.66. The minimum Gasteiger partial charge on any atom is -0.490 e. The average molecular weight is 580 g/mol. The molecule has 37 heavy (non-hydrogen) atoms. The van der Waals surface area contributed by atoms with Crippen LogP contribution in [0.2, 0.25) is 0 Å². The molecule has 0 saturated carbocycles. The summed E-state index contributed by atoms with van der Waals surface area (Å²) in [5, 5.41) is 22.6. The molecule has 9 heteroatoms. The second kappa shape index (κ2) is 12.1. The molecule has 1 N–H and O–H groups in total. The van der Waals surface area contributed by atoms with Crippen LogP contribution in [0.25, 0.3) is 6.08 Å². The first-order chi connectivity index (χ1) is 17.9. The lowest BCUT2D eigenvalue weighted by Gasteiger charge is -2.15.